The Kier molecular flexibility index (Phi) is 7.55. The van der Waals surface area contributed by atoms with Crippen LogP contribution in [0.15, 0.2) is 30.3 Å². The second-order valence-electron chi connectivity index (χ2n) is 6.14. The monoisotopic (exact) mass is 337 g/mol. The first-order valence-corrected chi connectivity index (χ1v) is 9.94. The molecule has 2 rings (SSSR count). The van der Waals surface area contributed by atoms with Crippen molar-refractivity contribution in [3.63, 3.8) is 0 Å². The fourth-order valence-electron chi connectivity index (χ4n) is 2.91. The number of likely N-dealkylation sites (tertiary alicyclic amines) is 1. The van der Waals surface area contributed by atoms with Gasteiger partial charge in [-0.25, -0.2) is 4.79 Å². The largest absolute Gasteiger partial charge is 0.338 e. The molecule has 1 aliphatic heterocycles. The number of hydrogen-bond acceptors (Lipinski definition) is 3. The van der Waals surface area contributed by atoms with Crippen LogP contribution in [-0.2, 0) is 17.3 Å². The maximum Gasteiger partial charge on any atom is 0.314 e. The Hall–Kier alpha value is -1.40. The first-order valence-electron chi connectivity index (χ1n) is 8.21. The second kappa shape index (κ2) is 9.67. The van der Waals surface area contributed by atoms with Crippen LogP contribution in [0.25, 0.3) is 0 Å². The molecular weight excluding hydrogens is 310 g/mol. The predicted octanol–water partition coefficient (Wildman–Crippen LogP) is 1.58. The third-order valence-corrected chi connectivity index (χ3v) is 4.86. The van der Waals surface area contributed by atoms with Gasteiger partial charge in [-0.1, -0.05) is 30.3 Å². The number of nitrogens with one attached hydrogen (secondary N) is 2. The highest BCUT2D eigenvalue weighted by Gasteiger charge is 2.20. The summed E-state index contributed by atoms with van der Waals surface area (Å²) in [5, 5.41) is 5.68. The first kappa shape index (κ1) is 17.9. The van der Waals surface area contributed by atoms with E-state index < -0.39 is 10.8 Å². The molecule has 128 valence electrons. The molecule has 2 atom stereocenters. The average molecular weight is 337 g/mol. The third-order valence-electron chi connectivity index (χ3n) is 4.08. The minimum Gasteiger partial charge on any atom is -0.338 e. The molecule has 5 nitrogen and oxygen atoms in total. The van der Waals surface area contributed by atoms with Gasteiger partial charge in [-0.05, 0) is 30.9 Å². The highest BCUT2D eigenvalue weighted by molar-refractivity contribution is 7.84. The van der Waals surface area contributed by atoms with Crippen molar-refractivity contribution >= 4 is 16.8 Å². The molecule has 0 saturated carbocycles. The molecule has 0 aliphatic carbocycles. The van der Waals surface area contributed by atoms with Gasteiger partial charge in [0, 0.05) is 49.0 Å². The van der Waals surface area contributed by atoms with E-state index in [-0.39, 0.29) is 6.03 Å². The quantitative estimate of drug-likeness (QED) is 0.794. The zero-order chi connectivity index (χ0) is 16.5. The van der Waals surface area contributed by atoms with Gasteiger partial charge >= 0.3 is 6.03 Å². The standard InChI is InChI=1S/C17H27N3O2S/c1-23(22)11-9-18-17(21)19-12-16-8-5-10-20(14-16)13-15-6-3-2-4-7-15/h2-4,6-7,16H,5,8-14H2,1H3,(H2,18,19,21)/t16-,23-/m0/s1. The van der Waals surface area contributed by atoms with Crippen molar-refractivity contribution in [2.24, 2.45) is 5.92 Å². The minimum atomic E-state index is -0.864. The topological polar surface area (TPSA) is 61.4 Å². The lowest BCUT2D eigenvalue weighted by atomic mass is 9.97. The summed E-state index contributed by atoms with van der Waals surface area (Å²) in [5.41, 5.74) is 1.34. The molecule has 1 aliphatic rings. The van der Waals surface area contributed by atoms with Crippen LogP contribution in [0.5, 0.6) is 0 Å². The van der Waals surface area contributed by atoms with E-state index >= 15 is 0 Å². The van der Waals surface area contributed by atoms with Crippen molar-refractivity contribution < 1.29 is 9.00 Å². The van der Waals surface area contributed by atoms with Crippen molar-refractivity contribution in [3.8, 4) is 0 Å². The third kappa shape index (κ3) is 7.14. The van der Waals surface area contributed by atoms with E-state index in [1.807, 2.05) is 6.07 Å². The molecular formula is C17H27N3O2S. The number of benzene rings is 1. The predicted molar refractivity (Wildman–Crippen MR) is 94.8 cm³/mol. The van der Waals surface area contributed by atoms with E-state index in [9.17, 15) is 9.00 Å². The molecule has 1 saturated heterocycles. The normalized spacial score (nSPS) is 20.0. The number of carbonyl (C=O) groups excluding carboxylic acids is 1. The van der Waals surface area contributed by atoms with E-state index in [1.54, 1.807) is 6.26 Å². The minimum absolute atomic E-state index is 0.157. The average Bonchev–Trinajstić information content (AvgIpc) is 2.54. The number of carbonyl (C=O) groups is 1. The second-order valence-corrected chi connectivity index (χ2v) is 7.70. The fourth-order valence-corrected chi connectivity index (χ4v) is 3.30. The van der Waals surface area contributed by atoms with Gasteiger partial charge in [-0.15, -0.1) is 0 Å². The maximum absolute atomic E-state index is 11.7. The molecule has 6 heteroatoms. The highest BCUT2D eigenvalue weighted by atomic mass is 32.2. The van der Waals surface area contributed by atoms with Gasteiger partial charge in [0.05, 0.1) is 0 Å². The Morgan fingerprint density at radius 1 is 1.30 bits per heavy atom. The summed E-state index contributed by atoms with van der Waals surface area (Å²) < 4.78 is 11.0. The van der Waals surface area contributed by atoms with Crippen LogP contribution in [0.2, 0.25) is 0 Å². The fraction of sp³-hybridized carbons (Fsp3) is 0.588. The summed E-state index contributed by atoms with van der Waals surface area (Å²) in [4.78, 5) is 14.2. The smallest absolute Gasteiger partial charge is 0.314 e. The molecule has 0 aromatic heterocycles. The van der Waals surface area contributed by atoms with Crippen molar-refractivity contribution in [2.75, 3.05) is 38.2 Å². The Morgan fingerprint density at radius 3 is 2.83 bits per heavy atom. The van der Waals surface area contributed by atoms with Crippen molar-refractivity contribution in [3.05, 3.63) is 35.9 Å². The molecule has 23 heavy (non-hydrogen) atoms. The van der Waals surface area contributed by atoms with Gasteiger partial charge in [0.25, 0.3) is 0 Å². The maximum atomic E-state index is 11.7. The molecule has 0 spiro atoms. The van der Waals surface area contributed by atoms with Crippen molar-refractivity contribution in [1.29, 1.82) is 0 Å². The number of amides is 2. The van der Waals surface area contributed by atoms with E-state index in [4.69, 9.17) is 0 Å². The van der Waals surface area contributed by atoms with E-state index in [2.05, 4.69) is 39.8 Å². The molecule has 0 bridgehead atoms. The van der Waals surface area contributed by atoms with Gasteiger partial charge in [-0.2, -0.15) is 0 Å². The molecule has 0 radical (unpaired) electrons. The van der Waals surface area contributed by atoms with Gasteiger partial charge < -0.3 is 10.6 Å². The van der Waals surface area contributed by atoms with Crippen molar-refractivity contribution in [2.45, 2.75) is 19.4 Å². The molecule has 2 N–H and O–H groups in total. The summed E-state index contributed by atoms with van der Waals surface area (Å²) in [6.45, 7) is 4.28. The molecule has 1 heterocycles. The molecule has 1 aromatic rings. The number of nitrogens with zero attached hydrogens (tertiary/aromatic N) is 1. The Labute approximate surface area is 141 Å². The van der Waals surface area contributed by atoms with Crippen LogP contribution in [0.4, 0.5) is 4.79 Å². The molecule has 1 fully saturated rings. The van der Waals surface area contributed by atoms with Crippen LogP contribution in [0, 0.1) is 5.92 Å². The van der Waals surface area contributed by atoms with Gasteiger partial charge in [0.15, 0.2) is 0 Å². The first-order chi connectivity index (χ1) is 11.1. The van der Waals surface area contributed by atoms with E-state index in [0.29, 0.717) is 24.8 Å². The zero-order valence-electron chi connectivity index (χ0n) is 13.8. The van der Waals surface area contributed by atoms with E-state index in [0.717, 1.165) is 26.1 Å². The van der Waals surface area contributed by atoms with Gasteiger partial charge in [0.1, 0.15) is 0 Å². The summed E-state index contributed by atoms with van der Waals surface area (Å²) in [5.74, 6) is 1.00. The Balaban J connectivity index is 1.67. The SMILES string of the molecule is C[S@](=O)CCNC(=O)NC[C@@H]1CCCN(Cc2ccccc2)C1. The lowest BCUT2D eigenvalue weighted by molar-refractivity contribution is 0.165. The Bertz CT molecular complexity index is 510. The Morgan fingerprint density at radius 2 is 2.09 bits per heavy atom. The van der Waals surface area contributed by atoms with E-state index in [1.165, 1.54) is 12.0 Å². The number of rotatable bonds is 7. The molecule has 1 aromatic carbocycles. The molecule has 0 unspecified atom stereocenters. The summed E-state index contributed by atoms with van der Waals surface area (Å²) >= 11 is 0. The summed E-state index contributed by atoms with van der Waals surface area (Å²) in [6.07, 6.45) is 3.98. The van der Waals surface area contributed by atoms with Crippen LogP contribution >= 0.6 is 0 Å². The lowest BCUT2D eigenvalue weighted by Crippen LogP contribution is -2.44. The van der Waals surface area contributed by atoms with Crippen LogP contribution in [0.1, 0.15) is 18.4 Å². The number of piperidine rings is 1. The van der Waals surface area contributed by atoms with Gasteiger partial charge in [0.2, 0.25) is 0 Å². The highest BCUT2D eigenvalue weighted by Crippen LogP contribution is 2.17. The summed E-state index contributed by atoms with van der Waals surface area (Å²) in [7, 11) is -0.864. The van der Waals surface area contributed by atoms with Gasteiger partial charge in [-0.3, -0.25) is 9.11 Å². The lowest BCUT2D eigenvalue weighted by Gasteiger charge is -2.32. The van der Waals surface area contributed by atoms with Crippen molar-refractivity contribution in [1.82, 2.24) is 15.5 Å². The number of hydrogen-bond donors (Lipinski definition) is 2. The van der Waals surface area contributed by atoms with Crippen LogP contribution in [-0.4, -0.2) is 53.3 Å². The number of urea groups is 1. The zero-order valence-corrected chi connectivity index (χ0v) is 14.6. The van der Waals surface area contributed by atoms with Crippen LogP contribution < -0.4 is 10.6 Å². The molecule has 2 amide bonds. The summed E-state index contributed by atoms with van der Waals surface area (Å²) in [6, 6.07) is 10.4. The van der Waals surface area contributed by atoms with Crippen LogP contribution in [0.3, 0.4) is 0 Å².